The van der Waals surface area contributed by atoms with Crippen LogP contribution in [0.4, 0.5) is 5.69 Å². The molecule has 0 aliphatic carbocycles. The molecule has 0 unspecified atom stereocenters. The lowest BCUT2D eigenvalue weighted by molar-refractivity contribution is -0.117. The summed E-state index contributed by atoms with van der Waals surface area (Å²) in [6.07, 6.45) is 0.944. The largest absolute Gasteiger partial charge is 0.311 e. The summed E-state index contributed by atoms with van der Waals surface area (Å²) < 4.78 is 0. The van der Waals surface area contributed by atoms with Crippen LogP contribution in [-0.4, -0.2) is 19.0 Å². The lowest BCUT2D eigenvalue weighted by Gasteiger charge is -2.17. The normalized spacial score (nSPS) is 13.3. The predicted octanol–water partition coefficient (Wildman–Crippen LogP) is 3.02. The molecule has 2 aromatic carbocycles. The first kappa shape index (κ1) is 14.1. The number of amides is 1. The highest BCUT2D eigenvalue weighted by atomic mass is 35.5. The van der Waals surface area contributed by atoms with Crippen molar-refractivity contribution in [1.29, 1.82) is 0 Å². The minimum atomic E-state index is 0.119. The van der Waals surface area contributed by atoms with Crippen LogP contribution in [0.1, 0.15) is 11.1 Å². The molecular weight excluding hydrogens is 284 g/mol. The van der Waals surface area contributed by atoms with Gasteiger partial charge in [-0.15, -0.1) is 0 Å². The molecule has 0 aromatic heterocycles. The number of hydrogen-bond donors (Lipinski definition) is 1. The van der Waals surface area contributed by atoms with Crippen molar-refractivity contribution in [2.45, 2.75) is 13.0 Å². The van der Waals surface area contributed by atoms with E-state index in [2.05, 4.69) is 11.4 Å². The molecule has 0 spiro atoms. The Bertz CT molecular complexity index is 639. The van der Waals surface area contributed by atoms with E-state index in [1.165, 1.54) is 5.56 Å². The number of fused-ring (bicyclic) bond motifs is 1. The van der Waals surface area contributed by atoms with E-state index in [9.17, 15) is 4.79 Å². The van der Waals surface area contributed by atoms with Gasteiger partial charge < -0.3 is 10.2 Å². The van der Waals surface area contributed by atoms with Gasteiger partial charge in [-0.05, 0) is 35.7 Å². The van der Waals surface area contributed by atoms with E-state index in [0.29, 0.717) is 13.1 Å². The van der Waals surface area contributed by atoms with Crippen molar-refractivity contribution in [2.24, 2.45) is 0 Å². The van der Waals surface area contributed by atoms with Gasteiger partial charge in [-0.25, -0.2) is 0 Å². The van der Waals surface area contributed by atoms with Gasteiger partial charge in [0.1, 0.15) is 0 Å². The predicted molar refractivity (Wildman–Crippen MR) is 85.7 cm³/mol. The number of benzene rings is 2. The smallest absolute Gasteiger partial charge is 0.240 e. The number of nitrogens with one attached hydrogen (secondary N) is 1. The Morgan fingerprint density at radius 3 is 2.71 bits per heavy atom. The number of rotatable bonds is 4. The second-order valence-corrected chi connectivity index (χ2v) is 5.59. The van der Waals surface area contributed by atoms with Crippen LogP contribution >= 0.6 is 11.6 Å². The van der Waals surface area contributed by atoms with Crippen molar-refractivity contribution >= 4 is 23.2 Å². The number of halogens is 1. The zero-order chi connectivity index (χ0) is 14.7. The van der Waals surface area contributed by atoms with Gasteiger partial charge in [0, 0.05) is 23.8 Å². The van der Waals surface area contributed by atoms with E-state index in [4.69, 9.17) is 11.6 Å². The maximum Gasteiger partial charge on any atom is 0.240 e. The molecule has 1 amide bonds. The summed E-state index contributed by atoms with van der Waals surface area (Å²) >= 11 is 5.85. The quantitative estimate of drug-likeness (QED) is 0.941. The van der Waals surface area contributed by atoms with Crippen molar-refractivity contribution in [1.82, 2.24) is 5.32 Å². The Hall–Kier alpha value is -1.84. The zero-order valence-corrected chi connectivity index (χ0v) is 12.4. The second kappa shape index (κ2) is 6.29. The molecule has 1 N–H and O–H groups in total. The van der Waals surface area contributed by atoms with Crippen LogP contribution in [0.15, 0.2) is 48.5 Å². The monoisotopic (exact) mass is 300 g/mol. The maximum absolute atomic E-state index is 12.3. The molecule has 2 aromatic rings. The van der Waals surface area contributed by atoms with E-state index in [0.717, 1.165) is 29.2 Å². The first-order valence-electron chi connectivity index (χ1n) is 7.07. The lowest BCUT2D eigenvalue weighted by Crippen LogP contribution is -2.36. The van der Waals surface area contributed by atoms with Crippen molar-refractivity contribution < 1.29 is 4.79 Å². The third-order valence-corrected chi connectivity index (χ3v) is 3.96. The van der Waals surface area contributed by atoms with Gasteiger partial charge in [0.2, 0.25) is 5.91 Å². The first-order valence-corrected chi connectivity index (χ1v) is 7.45. The van der Waals surface area contributed by atoms with Gasteiger partial charge in [0.25, 0.3) is 0 Å². The fourth-order valence-electron chi connectivity index (χ4n) is 2.61. The number of nitrogens with zero attached hydrogens (tertiary/aromatic N) is 1. The van der Waals surface area contributed by atoms with E-state index in [-0.39, 0.29) is 5.91 Å². The number of carbonyl (C=O) groups excluding carboxylic acids is 1. The maximum atomic E-state index is 12.3. The van der Waals surface area contributed by atoms with Crippen molar-refractivity contribution in [3.05, 3.63) is 64.7 Å². The molecule has 1 heterocycles. The number of anilines is 1. The number of hydrogen-bond acceptors (Lipinski definition) is 2. The van der Waals surface area contributed by atoms with E-state index >= 15 is 0 Å². The summed E-state index contributed by atoms with van der Waals surface area (Å²) in [6.45, 7) is 1.79. The van der Waals surface area contributed by atoms with Crippen LogP contribution in [-0.2, 0) is 17.8 Å². The van der Waals surface area contributed by atoms with E-state index in [1.54, 1.807) is 0 Å². The lowest BCUT2D eigenvalue weighted by atomic mass is 10.2. The van der Waals surface area contributed by atoms with Crippen molar-refractivity contribution in [3.63, 3.8) is 0 Å². The Labute approximate surface area is 129 Å². The Morgan fingerprint density at radius 1 is 1.14 bits per heavy atom. The molecule has 0 bridgehead atoms. The molecule has 3 nitrogen and oxygen atoms in total. The first-order chi connectivity index (χ1) is 10.2. The molecule has 0 atom stereocenters. The van der Waals surface area contributed by atoms with Crippen molar-refractivity contribution in [2.75, 3.05) is 18.0 Å². The summed E-state index contributed by atoms with van der Waals surface area (Å²) in [7, 11) is 0. The topological polar surface area (TPSA) is 32.3 Å². The van der Waals surface area contributed by atoms with Crippen molar-refractivity contribution in [3.8, 4) is 0 Å². The highest BCUT2D eigenvalue weighted by Gasteiger charge is 2.23. The van der Waals surface area contributed by atoms with Gasteiger partial charge in [-0.3, -0.25) is 4.79 Å². The fraction of sp³-hybridized carbons (Fsp3) is 0.235. The Balaban J connectivity index is 1.54. The molecule has 0 saturated heterocycles. The molecule has 3 rings (SSSR count). The highest BCUT2D eigenvalue weighted by Crippen LogP contribution is 2.27. The van der Waals surface area contributed by atoms with Crippen LogP contribution in [0.5, 0.6) is 0 Å². The minimum Gasteiger partial charge on any atom is -0.311 e. The molecule has 1 aliphatic heterocycles. The Kier molecular flexibility index (Phi) is 4.23. The van der Waals surface area contributed by atoms with Crippen LogP contribution < -0.4 is 10.2 Å². The fourth-order valence-corrected chi connectivity index (χ4v) is 2.73. The van der Waals surface area contributed by atoms with E-state index < -0.39 is 0 Å². The summed E-state index contributed by atoms with van der Waals surface area (Å²) in [4.78, 5) is 14.2. The molecule has 4 heteroatoms. The van der Waals surface area contributed by atoms with Crippen LogP contribution in [0.2, 0.25) is 5.02 Å². The average molecular weight is 301 g/mol. The summed E-state index contributed by atoms with van der Waals surface area (Å²) in [5.41, 5.74) is 3.42. The van der Waals surface area contributed by atoms with Gasteiger partial charge in [-0.2, -0.15) is 0 Å². The third kappa shape index (κ3) is 3.26. The summed E-state index contributed by atoms with van der Waals surface area (Å²) in [6, 6.07) is 15.7. The molecule has 21 heavy (non-hydrogen) atoms. The number of para-hydroxylation sites is 1. The molecule has 0 radical (unpaired) electrons. The standard InChI is InChI=1S/C17H17ClN2O/c18-15-7-5-13(6-8-15)11-19-12-17(21)20-10-9-14-3-1-2-4-16(14)20/h1-8,19H,9-12H2. The van der Waals surface area contributed by atoms with Gasteiger partial charge in [-0.1, -0.05) is 41.9 Å². The molecule has 0 saturated carbocycles. The van der Waals surface area contributed by atoms with Gasteiger partial charge in [0.15, 0.2) is 0 Å². The summed E-state index contributed by atoms with van der Waals surface area (Å²) in [5.74, 6) is 0.119. The van der Waals surface area contributed by atoms with Gasteiger partial charge >= 0.3 is 0 Å². The molecular formula is C17H17ClN2O. The second-order valence-electron chi connectivity index (χ2n) is 5.15. The number of carbonyl (C=O) groups is 1. The zero-order valence-electron chi connectivity index (χ0n) is 11.7. The molecule has 0 fully saturated rings. The van der Waals surface area contributed by atoms with Crippen LogP contribution in [0.3, 0.4) is 0 Å². The van der Waals surface area contributed by atoms with E-state index in [1.807, 2.05) is 47.4 Å². The van der Waals surface area contributed by atoms with Crippen LogP contribution in [0.25, 0.3) is 0 Å². The third-order valence-electron chi connectivity index (χ3n) is 3.71. The van der Waals surface area contributed by atoms with Crippen LogP contribution in [0, 0.1) is 0 Å². The highest BCUT2D eigenvalue weighted by molar-refractivity contribution is 6.30. The Morgan fingerprint density at radius 2 is 1.90 bits per heavy atom. The molecule has 108 valence electrons. The summed E-state index contributed by atoms with van der Waals surface area (Å²) in [5, 5.41) is 3.92. The molecule has 1 aliphatic rings. The average Bonchev–Trinajstić information content (AvgIpc) is 2.93. The van der Waals surface area contributed by atoms with Gasteiger partial charge in [0.05, 0.1) is 6.54 Å². The minimum absolute atomic E-state index is 0.119. The SMILES string of the molecule is O=C(CNCc1ccc(Cl)cc1)N1CCc2ccccc21.